The minimum atomic E-state index is -1.20. The van der Waals surface area contributed by atoms with Gasteiger partial charge in [0.1, 0.15) is 0 Å². The summed E-state index contributed by atoms with van der Waals surface area (Å²) in [7, 11) is 0. The van der Waals surface area contributed by atoms with Crippen LogP contribution in [0.1, 0.15) is 29.5 Å². The minimum Gasteiger partial charge on any atom is -0.481 e. The number of rotatable bonds is 8. The summed E-state index contributed by atoms with van der Waals surface area (Å²) >= 11 is 0. The summed E-state index contributed by atoms with van der Waals surface area (Å²) in [4.78, 5) is 24.1. The van der Waals surface area contributed by atoms with E-state index in [2.05, 4.69) is 0 Å². The largest absolute Gasteiger partial charge is 0.481 e. The van der Waals surface area contributed by atoms with Crippen LogP contribution in [0.3, 0.4) is 0 Å². The van der Waals surface area contributed by atoms with E-state index in [1.54, 1.807) is 4.90 Å². The van der Waals surface area contributed by atoms with E-state index in [0.29, 0.717) is 0 Å². The molecule has 154 valence electrons. The van der Waals surface area contributed by atoms with Crippen molar-refractivity contribution in [3.8, 4) is 0 Å². The normalized spacial score (nSPS) is 11.7. The third-order valence-electron chi connectivity index (χ3n) is 4.91. The fraction of sp³-hybridized carbons (Fsp3) is 0.174. The summed E-state index contributed by atoms with van der Waals surface area (Å²) in [6.07, 6.45) is 0. The molecule has 0 amide bonds. The van der Waals surface area contributed by atoms with Crippen LogP contribution in [0, 0.1) is 15.9 Å². The van der Waals surface area contributed by atoms with Crippen molar-refractivity contribution in [2.45, 2.75) is 25.9 Å². The van der Waals surface area contributed by atoms with Crippen molar-refractivity contribution in [3.05, 3.63) is 105 Å². The molecule has 3 aromatic carbocycles. The molecule has 0 fully saturated rings. The molecule has 3 aromatic rings. The highest BCUT2D eigenvalue weighted by molar-refractivity contribution is 5.77. The van der Waals surface area contributed by atoms with Gasteiger partial charge in [0.15, 0.2) is 11.5 Å². The van der Waals surface area contributed by atoms with Crippen LogP contribution in [0.25, 0.3) is 0 Å². The van der Waals surface area contributed by atoms with Crippen molar-refractivity contribution >= 4 is 17.3 Å². The lowest BCUT2D eigenvalue weighted by molar-refractivity contribution is -0.384. The Morgan fingerprint density at radius 1 is 1.00 bits per heavy atom. The molecule has 0 saturated heterocycles. The molecule has 0 aliphatic heterocycles. The maximum absolute atomic E-state index is 15.6. The van der Waals surface area contributed by atoms with E-state index in [0.717, 1.165) is 11.1 Å². The second-order valence-electron chi connectivity index (χ2n) is 6.98. The van der Waals surface area contributed by atoms with Gasteiger partial charge in [-0.1, -0.05) is 60.7 Å². The quantitative estimate of drug-likeness (QED) is 0.413. The first-order chi connectivity index (χ1) is 14.4. The molecule has 0 bridgehead atoms. The Bertz CT molecular complexity index is 1000. The molecule has 30 heavy (non-hydrogen) atoms. The molecule has 1 unspecified atom stereocenters. The second kappa shape index (κ2) is 9.17. The molecule has 0 heterocycles. The van der Waals surface area contributed by atoms with Crippen LogP contribution in [0.2, 0.25) is 0 Å². The smallest absolute Gasteiger partial charge is 0.310 e. The third-order valence-corrected chi connectivity index (χ3v) is 4.91. The molecular weight excluding hydrogens is 387 g/mol. The molecule has 0 spiro atoms. The predicted molar refractivity (Wildman–Crippen MR) is 112 cm³/mol. The Balaban J connectivity index is 2.15. The molecule has 6 nitrogen and oxygen atoms in total. The van der Waals surface area contributed by atoms with Gasteiger partial charge in [0.05, 0.1) is 10.8 Å². The number of aliphatic carboxylic acids is 1. The van der Waals surface area contributed by atoms with Gasteiger partial charge in [-0.05, 0) is 24.1 Å². The lowest BCUT2D eigenvalue weighted by Gasteiger charge is -2.26. The molecule has 0 saturated carbocycles. The van der Waals surface area contributed by atoms with E-state index in [4.69, 9.17) is 0 Å². The van der Waals surface area contributed by atoms with Crippen LogP contribution in [0.15, 0.2) is 72.8 Å². The van der Waals surface area contributed by atoms with Gasteiger partial charge < -0.3 is 10.0 Å². The lowest BCUT2D eigenvalue weighted by Crippen LogP contribution is -2.25. The summed E-state index contributed by atoms with van der Waals surface area (Å²) in [5.74, 6) is -3.22. The van der Waals surface area contributed by atoms with Crippen LogP contribution in [-0.2, 0) is 17.9 Å². The SMILES string of the molecule is CC(C(=O)O)c1ccc([N+](=O)[O-])c(N(Cc2ccccc2)Cc2ccccc2)c1F. The van der Waals surface area contributed by atoms with Crippen LogP contribution in [-0.4, -0.2) is 16.0 Å². The van der Waals surface area contributed by atoms with Gasteiger partial charge in [0.25, 0.3) is 5.69 Å². The van der Waals surface area contributed by atoms with E-state index < -0.39 is 28.3 Å². The minimum absolute atomic E-state index is 0.0887. The van der Waals surface area contributed by atoms with E-state index in [1.165, 1.54) is 19.1 Å². The summed E-state index contributed by atoms with van der Waals surface area (Å²) in [5, 5.41) is 21.0. The summed E-state index contributed by atoms with van der Waals surface area (Å²) in [6, 6.07) is 20.8. The first-order valence-electron chi connectivity index (χ1n) is 9.41. The first kappa shape index (κ1) is 21.0. The molecule has 0 aliphatic rings. The van der Waals surface area contributed by atoms with E-state index >= 15 is 4.39 Å². The Morgan fingerprint density at radius 2 is 1.50 bits per heavy atom. The van der Waals surface area contributed by atoms with Crippen molar-refractivity contribution in [3.63, 3.8) is 0 Å². The summed E-state index contributed by atoms with van der Waals surface area (Å²) in [5.41, 5.74) is 0.992. The van der Waals surface area contributed by atoms with E-state index in [-0.39, 0.29) is 24.3 Å². The zero-order valence-corrected chi connectivity index (χ0v) is 16.4. The highest BCUT2D eigenvalue weighted by Crippen LogP contribution is 2.37. The summed E-state index contributed by atoms with van der Waals surface area (Å²) in [6.45, 7) is 1.80. The van der Waals surface area contributed by atoms with Crippen molar-refractivity contribution in [1.82, 2.24) is 0 Å². The van der Waals surface area contributed by atoms with Gasteiger partial charge in [0.2, 0.25) is 0 Å². The number of halogens is 1. The number of benzene rings is 3. The predicted octanol–water partition coefficient (Wildman–Crippen LogP) is 5.13. The van der Waals surface area contributed by atoms with Crippen LogP contribution in [0.5, 0.6) is 0 Å². The van der Waals surface area contributed by atoms with Crippen molar-refractivity contribution < 1.29 is 19.2 Å². The van der Waals surface area contributed by atoms with Crippen molar-refractivity contribution in [2.75, 3.05) is 4.90 Å². The molecule has 0 radical (unpaired) electrons. The fourth-order valence-electron chi connectivity index (χ4n) is 3.31. The number of hydrogen-bond acceptors (Lipinski definition) is 4. The number of carbonyl (C=O) groups is 1. The Labute approximate surface area is 173 Å². The molecule has 1 N–H and O–H groups in total. The lowest BCUT2D eigenvalue weighted by atomic mass is 9.98. The van der Waals surface area contributed by atoms with E-state index in [9.17, 15) is 20.0 Å². The highest BCUT2D eigenvalue weighted by atomic mass is 19.1. The topological polar surface area (TPSA) is 83.7 Å². The molecular formula is C23H21FN2O4. The third kappa shape index (κ3) is 4.63. The van der Waals surface area contributed by atoms with Crippen molar-refractivity contribution in [2.24, 2.45) is 0 Å². The average molecular weight is 408 g/mol. The number of carboxylic acid groups (broad SMARTS) is 1. The molecule has 7 heteroatoms. The van der Waals surface area contributed by atoms with Gasteiger partial charge in [0, 0.05) is 24.7 Å². The van der Waals surface area contributed by atoms with E-state index in [1.807, 2.05) is 60.7 Å². The Hall–Kier alpha value is -3.74. The van der Waals surface area contributed by atoms with Crippen LogP contribution in [0.4, 0.5) is 15.8 Å². The first-order valence-corrected chi connectivity index (χ1v) is 9.41. The number of hydrogen-bond donors (Lipinski definition) is 1. The Kier molecular flexibility index (Phi) is 6.41. The maximum Gasteiger partial charge on any atom is 0.310 e. The van der Waals surface area contributed by atoms with Gasteiger partial charge in [-0.3, -0.25) is 14.9 Å². The monoisotopic (exact) mass is 408 g/mol. The second-order valence-corrected chi connectivity index (χ2v) is 6.98. The number of nitro groups is 1. The van der Waals surface area contributed by atoms with Crippen LogP contribution >= 0.6 is 0 Å². The zero-order valence-electron chi connectivity index (χ0n) is 16.4. The number of nitro benzene ring substituents is 1. The van der Waals surface area contributed by atoms with Crippen molar-refractivity contribution in [1.29, 1.82) is 0 Å². The molecule has 3 rings (SSSR count). The van der Waals surface area contributed by atoms with Gasteiger partial charge in [-0.25, -0.2) is 4.39 Å². The van der Waals surface area contributed by atoms with Crippen LogP contribution < -0.4 is 4.90 Å². The zero-order chi connectivity index (χ0) is 21.7. The molecule has 0 aromatic heterocycles. The standard InChI is InChI=1S/C23H21FN2O4/c1-16(23(27)28)19-12-13-20(26(29)30)22(21(19)24)25(14-17-8-4-2-5-9-17)15-18-10-6-3-7-11-18/h2-13,16H,14-15H2,1H3,(H,27,28). The molecule has 0 aliphatic carbocycles. The average Bonchev–Trinajstić information content (AvgIpc) is 2.74. The Morgan fingerprint density at radius 3 is 1.93 bits per heavy atom. The number of carboxylic acids is 1. The highest BCUT2D eigenvalue weighted by Gasteiger charge is 2.30. The van der Waals surface area contributed by atoms with Gasteiger partial charge >= 0.3 is 5.97 Å². The number of nitrogens with zero attached hydrogens (tertiary/aromatic N) is 2. The number of anilines is 1. The van der Waals surface area contributed by atoms with Gasteiger partial charge in [-0.2, -0.15) is 0 Å². The maximum atomic E-state index is 15.6. The van der Waals surface area contributed by atoms with Gasteiger partial charge in [-0.15, -0.1) is 0 Å². The summed E-state index contributed by atoms with van der Waals surface area (Å²) < 4.78 is 15.6. The molecule has 1 atom stereocenters. The fourth-order valence-corrected chi connectivity index (χ4v) is 3.31.